The number of halogens is 1. The summed E-state index contributed by atoms with van der Waals surface area (Å²) < 4.78 is 21.5. The SMILES string of the molecule is Cn1cncc1CC(NCCc1ccc2c(c1)COC2=C1C(=O)Nc2ccc(F)cc21)C(=O)O. The summed E-state index contributed by atoms with van der Waals surface area (Å²) >= 11 is 0. The van der Waals surface area contributed by atoms with E-state index >= 15 is 0 Å². The van der Waals surface area contributed by atoms with Crippen LogP contribution in [0.25, 0.3) is 11.3 Å². The van der Waals surface area contributed by atoms with Gasteiger partial charge in [0.2, 0.25) is 0 Å². The Bertz CT molecular complexity index is 1330. The molecule has 2 aliphatic rings. The third-order valence-corrected chi connectivity index (χ3v) is 6.17. The summed E-state index contributed by atoms with van der Waals surface area (Å²) in [4.78, 5) is 28.3. The van der Waals surface area contributed by atoms with Crippen LogP contribution < -0.4 is 10.6 Å². The van der Waals surface area contributed by atoms with Crippen LogP contribution in [0.1, 0.15) is 27.9 Å². The average molecular weight is 462 g/mol. The summed E-state index contributed by atoms with van der Waals surface area (Å²) in [6.45, 7) is 0.795. The van der Waals surface area contributed by atoms with Gasteiger partial charge in [-0.3, -0.25) is 9.59 Å². The fourth-order valence-corrected chi connectivity index (χ4v) is 4.37. The van der Waals surface area contributed by atoms with Crippen LogP contribution in [-0.2, 0) is 40.8 Å². The lowest BCUT2D eigenvalue weighted by Crippen LogP contribution is -2.40. The standard InChI is InChI=1S/C25H23FN4O4/c1-30-13-27-11-17(30)10-21(25(32)33)28-7-6-14-2-4-18-15(8-14)12-34-23(18)22-19-9-16(26)3-5-20(19)29-24(22)31/h2-5,8-9,11,13,21,28H,6-7,10,12H2,1H3,(H,29,31)(H,32,33). The second-order valence-electron chi connectivity index (χ2n) is 8.42. The van der Waals surface area contributed by atoms with E-state index in [2.05, 4.69) is 15.6 Å². The zero-order valence-electron chi connectivity index (χ0n) is 18.5. The number of benzene rings is 2. The Kier molecular flexibility index (Phi) is 5.62. The van der Waals surface area contributed by atoms with E-state index < -0.39 is 17.8 Å². The summed E-state index contributed by atoms with van der Waals surface area (Å²) in [7, 11) is 1.84. The fraction of sp³-hybridized carbons (Fsp3) is 0.240. The highest BCUT2D eigenvalue weighted by atomic mass is 19.1. The van der Waals surface area contributed by atoms with Gasteiger partial charge >= 0.3 is 5.97 Å². The Balaban J connectivity index is 1.30. The molecule has 8 nitrogen and oxygen atoms in total. The molecule has 1 unspecified atom stereocenters. The van der Waals surface area contributed by atoms with Crippen LogP contribution in [0.3, 0.4) is 0 Å². The molecule has 3 N–H and O–H groups in total. The molecule has 174 valence electrons. The molecule has 1 amide bonds. The van der Waals surface area contributed by atoms with Crippen LogP contribution in [0.2, 0.25) is 0 Å². The first-order valence-electron chi connectivity index (χ1n) is 10.9. The van der Waals surface area contributed by atoms with Gasteiger partial charge < -0.3 is 25.0 Å². The quantitative estimate of drug-likeness (QED) is 0.467. The van der Waals surface area contributed by atoms with Crippen LogP contribution in [0.15, 0.2) is 48.9 Å². The largest absolute Gasteiger partial charge is 0.487 e. The summed E-state index contributed by atoms with van der Waals surface area (Å²) in [6, 6.07) is 9.30. The van der Waals surface area contributed by atoms with E-state index in [9.17, 15) is 19.1 Å². The minimum Gasteiger partial charge on any atom is -0.487 e. The number of ether oxygens (including phenoxy) is 1. The lowest BCUT2D eigenvalue weighted by atomic mass is 9.98. The Morgan fingerprint density at radius 3 is 2.91 bits per heavy atom. The molecule has 2 aromatic carbocycles. The molecule has 34 heavy (non-hydrogen) atoms. The van der Waals surface area contributed by atoms with E-state index in [4.69, 9.17) is 4.74 Å². The zero-order chi connectivity index (χ0) is 23.8. The number of fused-ring (bicyclic) bond motifs is 2. The molecule has 3 heterocycles. The van der Waals surface area contributed by atoms with Gasteiger partial charge in [0.25, 0.3) is 5.91 Å². The highest BCUT2D eigenvalue weighted by molar-refractivity contribution is 6.36. The van der Waals surface area contributed by atoms with Gasteiger partial charge in [-0.2, -0.15) is 0 Å². The third-order valence-electron chi connectivity index (χ3n) is 6.17. The van der Waals surface area contributed by atoms with Gasteiger partial charge in [-0.15, -0.1) is 0 Å². The molecule has 0 spiro atoms. The minimum absolute atomic E-state index is 0.311. The van der Waals surface area contributed by atoms with Gasteiger partial charge in [-0.1, -0.05) is 18.2 Å². The Hall–Kier alpha value is -3.98. The van der Waals surface area contributed by atoms with Crippen molar-refractivity contribution in [2.24, 2.45) is 7.05 Å². The van der Waals surface area contributed by atoms with E-state index in [0.29, 0.717) is 48.6 Å². The van der Waals surface area contributed by atoms with Crippen LogP contribution in [0.4, 0.5) is 10.1 Å². The van der Waals surface area contributed by atoms with E-state index in [1.165, 1.54) is 12.1 Å². The van der Waals surface area contributed by atoms with Gasteiger partial charge in [0.15, 0.2) is 0 Å². The Morgan fingerprint density at radius 1 is 1.29 bits per heavy atom. The lowest BCUT2D eigenvalue weighted by Gasteiger charge is -2.15. The number of aromatic nitrogens is 2. The Morgan fingerprint density at radius 2 is 2.15 bits per heavy atom. The molecule has 2 aliphatic heterocycles. The van der Waals surface area contributed by atoms with Gasteiger partial charge in [0.05, 0.1) is 11.9 Å². The second kappa shape index (κ2) is 8.75. The van der Waals surface area contributed by atoms with Gasteiger partial charge in [-0.05, 0) is 36.7 Å². The van der Waals surface area contributed by atoms with Crippen molar-refractivity contribution >= 4 is 28.9 Å². The minimum atomic E-state index is -0.911. The number of rotatable bonds is 7. The maximum Gasteiger partial charge on any atom is 0.321 e. The average Bonchev–Trinajstić information content (AvgIpc) is 3.49. The molecular weight excluding hydrogens is 439 g/mol. The Labute approximate surface area is 195 Å². The second-order valence-corrected chi connectivity index (χ2v) is 8.42. The van der Waals surface area contributed by atoms with Gasteiger partial charge in [0, 0.05) is 47.7 Å². The predicted octanol–water partition coefficient (Wildman–Crippen LogP) is 2.74. The van der Waals surface area contributed by atoms with Crippen molar-refractivity contribution in [3.63, 3.8) is 0 Å². The summed E-state index contributed by atoms with van der Waals surface area (Å²) in [6.07, 6.45) is 4.28. The number of hydrogen-bond acceptors (Lipinski definition) is 5. The first-order chi connectivity index (χ1) is 16.4. The van der Waals surface area contributed by atoms with E-state index in [-0.39, 0.29) is 5.91 Å². The monoisotopic (exact) mass is 462 g/mol. The fourth-order valence-electron chi connectivity index (χ4n) is 4.37. The maximum absolute atomic E-state index is 13.8. The third kappa shape index (κ3) is 4.06. The summed E-state index contributed by atoms with van der Waals surface area (Å²) in [5.74, 6) is -1.20. The number of carboxylic acids is 1. The first-order valence-corrected chi connectivity index (χ1v) is 10.9. The molecule has 0 bridgehead atoms. The van der Waals surface area contributed by atoms with E-state index in [1.807, 2.05) is 29.8 Å². The van der Waals surface area contributed by atoms with Crippen molar-refractivity contribution in [1.82, 2.24) is 14.9 Å². The summed E-state index contributed by atoms with van der Waals surface area (Å²) in [5.41, 5.74) is 4.99. The highest BCUT2D eigenvalue weighted by Crippen LogP contribution is 2.41. The van der Waals surface area contributed by atoms with Crippen molar-refractivity contribution in [2.45, 2.75) is 25.5 Å². The molecule has 0 fully saturated rings. The lowest BCUT2D eigenvalue weighted by molar-refractivity contribution is -0.139. The molecule has 5 rings (SSSR count). The smallest absolute Gasteiger partial charge is 0.321 e. The molecule has 3 aromatic rings. The van der Waals surface area contributed by atoms with Crippen LogP contribution >= 0.6 is 0 Å². The number of carbonyl (C=O) groups is 2. The normalized spacial score (nSPS) is 17.2. The van der Waals surface area contributed by atoms with Crippen molar-refractivity contribution in [3.8, 4) is 0 Å². The molecule has 1 aromatic heterocycles. The number of aliphatic carboxylic acids is 1. The maximum atomic E-state index is 13.8. The highest BCUT2D eigenvalue weighted by Gasteiger charge is 2.32. The molecule has 0 saturated carbocycles. The molecule has 9 heteroatoms. The van der Waals surface area contributed by atoms with Crippen molar-refractivity contribution < 1.29 is 23.8 Å². The van der Waals surface area contributed by atoms with Crippen LogP contribution in [0, 0.1) is 5.82 Å². The van der Waals surface area contributed by atoms with Crippen LogP contribution in [0.5, 0.6) is 0 Å². The molecule has 0 radical (unpaired) electrons. The molecular formula is C25H23FN4O4. The number of imidazole rings is 1. The van der Waals surface area contributed by atoms with E-state index in [1.54, 1.807) is 18.6 Å². The van der Waals surface area contributed by atoms with Crippen molar-refractivity contribution in [3.05, 3.63) is 82.7 Å². The van der Waals surface area contributed by atoms with Crippen molar-refractivity contribution in [1.29, 1.82) is 0 Å². The van der Waals surface area contributed by atoms with Gasteiger partial charge in [-0.25, -0.2) is 9.37 Å². The molecule has 0 saturated heterocycles. The van der Waals surface area contributed by atoms with Crippen LogP contribution in [-0.4, -0.2) is 39.1 Å². The molecule has 1 atom stereocenters. The first kappa shape index (κ1) is 21.8. The number of nitrogens with one attached hydrogen (secondary N) is 2. The number of hydrogen-bond donors (Lipinski definition) is 3. The number of carbonyl (C=O) groups excluding carboxylic acids is 1. The zero-order valence-corrected chi connectivity index (χ0v) is 18.5. The number of amides is 1. The van der Waals surface area contributed by atoms with Gasteiger partial charge in [0.1, 0.15) is 24.2 Å². The van der Waals surface area contributed by atoms with Crippen molar-refractivity contribution in [2.75, 3.05) is 11.9 Å². The number of anilines is 1. The number of nitrogens with zero attached hydrogens (tertiary/aromatic N) is 2. The number of carboxylic acid groups (broad SMARTS) is 1. The van der Waals surface area contributed by atoms with E-state index in [0.717, 1.165) is 22.4 Å². The molecule has 0 aliphatic carbocycles. The topological polar surface area (TPSA) is 105 Å². The summed E-state index contributed by atoms with van der Waals surface area (Å²) in [5, 5.41) is 15.4. The number of aryl methyl sites for hydroxylation is 1. The predicted molar refractivity (Wildman–Crippen MR) is 123 cm³/mol.